The Morgan fingerprint density at radius 1 is 0.397 bits per heavy atom. The molecule has 10 rings (SSSR count). The van der Waals surface area contributed by atoms with E-state index in [1.165, 1.54) is 11.1 Å². The van der Waals surface area contributed by atoms with Crippen LogP contribution in [0.3, 0.4) is 0 Å². The molecule has 0 bridgehead atoms. The van der Waals surface area contributed by atoms with Crippen LogP contribution in [0.25, 0.3) is 78.2 Å². The van der Waals surface area contributed by atoms with E-state index in [4.69, 9.17) is 9.97 Å². The van der Waals surface area contributed by atoms with Crippen LogP contribution in [0.1, 0.15) is 23.2 Å². The van der Waals surface area contributed by atoms with Crippen molar-refractivity contribution in [3.05, 3.63) is 224 Å². The molecule has 8 aromatic rings. The van der Waals surface area contributed by atoms with Crippen molar-refractivity contribution in [2.75, 3.05) is 0 Å². The zero-order valence-corrected chi connectivity index (χ0v) is 31.7. The minimum Gasteiger partial charge on any atom is -0.381 e. The molecule has 2 aliphatic rings. The van der Waals surface area contributed by atoms with Crippen molar-refractivity contribution in [2.24, 2.45) is 0 Å². The van der Waals surface area contributed by atoms with Crippen LogP contribution in [0, 0.1) is 0 Å². The molecule has 0 saturated carbocycles. The molecule has 0 amide bonds. The summed E-state index contributed by atoms with van der Waals surface area (Å²) in [5.41, 5.74) is 14.9. The van der Waals surface area contributed by atoms with Crippen LogP contribution in [-0.4, -0.2) is 15.0 Å². The molecule has 0 saturated heterocycles. The molecular formula is C53H39N5. The van der Waals surface area contributed by atoms with Gasteiger partial charge < -0.3 is 10.6 Å². The number of hydrogen-bond acceptors (Lipinski definition) is 5. The molecule has 0 fully saturated rings. The topological polar surface area (TPSA) is 62.7 Å². The normalized spacial score (nSPS) is 15.6. The Balaban J connectivity index is 1.11. The largest absolute Gasteiger partial charge is 0.381 e. The van der Waals surface area contributed by atoms with Gasteiger partial charge in [0.05, 0.1) is 29.0 Å². The first-order valence-electron chi connectivity index (χ1n) is 19.7. The number of hydrogen-bond donors (Lipinski definition) is 2. The van der Waals surface area contributed by atoms with E-state index in [0.29, 0.717) is 5.82 Å². The average molecular weight is 746 g/mol. The summed E-state index contributed by atoms with van der Waals surface area (Å²) in [4.78, 5) is 15.3. The first-order chi connectivity index (χ1) is 28.7. The van der Waals surface area contributed by atoms with Gasteiger partial charge in [-0.2, -0.15) is 0 Å². The molecule has 2 N–H and O–H groups in total. The van der Waals surface area contributed by atoms with Crippen LogP contribution in [0.5, 0.6) is 0 Å². The number of aromatic nitrogens is 3. The van der Waals surface area contributed by atoms with Gasteiger partial charge in [0, 0.05) is 28.3 Å². The number of pyridine rings is 1. The summed E-state index contributed by atoms with van der Waals surface area (Å²) >= 11 is 0. The quantitative estimate of drug-likeness (QED) is 0.162. The van der Waals surface area contributed by atoms with Crippen LogP contribution < -0.4 is 10.6 Å². The predicted octanol–water partition coefficient (Wildman–Crippen LogP) is 12.5. The van der Waals surface area contributed by atoms with Gasteiger partial charge in [-0.05, 0) is 112 Å². The fourth-order valence-electron chi connectivity index (χ4n) is 7.78. The van der Waals surface area contributed by atoms with Crippen molar-refractivity contribution >= 4 is 10.9 Å². The lowest BCUT2D eigenvalue weighted by Crippen LogP contribution is -2.14. The fourth-order valence-corrected chi connectivity index (χ4v) is 7.78. The van der Waals surface area contributed by atoms with Gasteiger partial charge >= 0.3 is 0 Å². The van der Waals surface area contributed by atoms with Crippen LogP contribution >= 0.6 is 0 Å². The van der Waals surface area contributed by atoms with Crippen molar-refractivity contribution in [3.8, 4) is 67.3 Å². The third-order valence-electron chi connectivity index (χ3n) is 10.9. The van der Waals surface area contributed by atoms with Crippen LogP contribution in [0.4, 0.5) is 0 Å². The van der Waals surface area contributed by atoms with Gasteiger partial charge in [0.25, 0.3) is 0 Å². The molecular weight excluding hydrogens is 707 g/mol. The maximum absolute atomic E-state index is 5.43. The van der Waals surface area contributed by atoms with Gasteiger partial charge in [-0.1, -0.05) is 140 Å². The van der Waals surface area contributed by atoms with E-state index in [-0.39, 0.29) is 12.1 Å². The molecule has 2 aliphatic heterocycles. The third-order valence-corrected chi connectivity index (χ3v) is 10.9. The van der Waals surface area contributed by atoms with Crippen molar-refractivity contribution in [1.82, 2.24) is 25.6 Å². The SMILES string of the molecule is C1=CNC(c2ccc(-c3cc(-c4ccc(-c5ccccn5)cc4)cc(-c4nc(-c5ccc(C6C=CC=CN6)cc5)c5cc(-c6ccccc6)ccc5n4)c3)cc2)C=C1. The van der Waals surface area contributed by atoms with Gasteiger partial charge in [0.1, 0.15) is 0 Å². The second-order valence-corrected chi connectivity index (χ2v) is 14.6. The molecule has 5 heteroatoms. The van der Waals surface area contributed by atoms with E-state index >= 15 is 0 Å². The third kappa shape index (κ3) is 7.13. The van der Waals surface area contributed by atoms with Crippen LogP contribution in [0.2, 0.25) is 0 Å². The van der Waals surface area contributed by atoms with E-state index in [1.807, 2.05) is 55.0 Å². The molecule has 0 aliphatic carbocycles. The Hall–Kier alpha value is -7.63. The lowest BCUT2D eigenvalue weighted by Gasteiger charge is -2.17. The highest BCUT2D eigenvalue weighted by atomic mass is 14.9. The second kappa shape index (κ2) is 15.5. The Morgan fingerprint density at radius 2 is 0.948 bits per heavy atom. The molecule has 0 radical (unpaired) electrons. The zero-order valence-electron chi connectivity index (χ0n) is 31.7. The minimum absolute atomic E-state index is 0.127. The van der Waals surface area contributed by atoms with Crippen LogP contribution in [-0.2, 0) is 0 Å². The number of dihydropyridines is 2. The van der Waals surface area contributed by atoms with Crippen molar-refractivity contribution in [1.29, 1.82) is 0 Å². The van der Waals surface area contributed by atoms with Gasteiger partial charge in [0.2, 0.25) is 0 Å². The molecule has 5 nitrogen and oxygen atoms in total. The number of rotatable bonds is 8. The van der Waals surface area contributed by atoms with Gasteiger partial charge in [-0.15, -0.1) is 0 Å². The van der Waals surface area contributed by atoms with E-state index in [9.17, 15) is 0 Å². The molecule has 6 aromatic carbocycles. The number of fused-ring (bicyclic) bond motifs is 1. The Morgan fingerprint density at radius 3 is 1.55 bits per heavy atom. The van der Waals surface area contributed by atoms with Gasteiger partial charge in [-0.3, -0.25) is 4.98 Å². The van der Waals surface area contributed by atoms with Crippen molar-refractivity contribution in [3.63, 3.8) is 0 Å². The summed E-state index contributed by atoms with van der Waals surface area (Å²) in [7, 11) is 0. The van der Waals surface area contributed by atoms with E-state index < -0.39 is 0 Å². The van der Waals surface area contributed by atoms with Crippen molar-refractivity contribution in [2.45, 2.75) is 12.1 Å². The number of nitrogens with one attached hydrogen (secondary N) is 2. The van der Waals surface area contributed by atoms with E-state index in [1.54, 1.807) is 0 Å². The maximum atomic E-state index is 5.43. The highest BCUT2D eigenvalue weighted by molar-refractivity contribution is 5.96. The Kier molecular flexibility index (Phi) is 9.30. The number of benzene rings is 6. The zero-order chi connectivity index (χ0) is 38.7. The summed E-state index contributed by atoms with van der Waals surface area (Å²) in [6.07, 6.45) is 18.4. The first kappa shape index (κ1) is 34.8. The van der Waals surface area contributed by atoms with Gasteiger partial charge in [-0.25, -0.2) is 9.97 Å². The summed E-state index contributed by atoms with van der Waals surface area (Å²) in [6, 6.07) is 56.2. The number of nitrogens with zero attached hydrogens (tertiary/aromatic N) is 3. The standard InChI is InChI=1S/C53H39N5/c1-2-10-36(11-3-1)43-27-28-51-47(35-43)52(42-25-23-41(24-26-42)50-14-6-9-31-56-50)58-53(57-51)46-33-44(37-15-19-39(20-16-37)48-12-4-7-29-54-48)32-45(34-46)38-17-21-40(22-18-38)49-13-5-8-30-55-49/h1-35,48,50,54,56H. The Bertz CT molecular complexity index is 2860. The molecule has 0 spiro atoms. The summed E-state index contributed by atoms with van der Waals surface area (Å²) in [6.45, 7) is 0. The van der Waals surface area contributed by atoms with E-state index in [2.05, 4.69) is 173 Å². The van der Waals surface area contributed by atoms with E-state index in [0.717, 1.165) is 72.4 Å². The molecule has 276 valence electrons. The summed E-state index contributed by atoms with van der Waals surface area (Å²) in [5.74, 6) is 0.675. The molecule has 2 aromatic heterocycles. The number of allylic oxidation sites excluding steroid dienone is 4. The molecule has 2 atom stereocenters. The minimum atomic E-state index is 0.127. The van der Waals surface area contributed by atoms with Crippen molar-refractivity contribution < 1.29 is 0 Å². The maximum Gasteiger partial charge on any atom is 0.160 e. The highest BCUT2D eigenvalue weighted by Crippen LogP contribution is 2.37. The average Bonchev–Trinajstić information content (AvgIpc) is 3.32. The molecule has 4 heterocycles. The smallest absolute Gasteiger partial charge is 0.160 e. The predicted molar refractivity (Wildman–Crippen MR) is 238 cm³/mol. The lowest BCUT2D eigenvalue weighted by molar-refractivity contribution is 0.746. The molecule has 58 heavy (non-hydrogen) atoms. The van der Waals surface area contributed by atoms with Crippen LogP contribution in [0.15, 0.2) is 213 Å². The lowest BCUT2D eigenvalue weighted by atomic mass is 9.93. The Labute approximate surface area is 338 Å². The first-order valence-corrected chi connectivity index (χ1v) is 19.7. The summed E-state index contributed by atoms with van der Waals surface area (Å²) in [5, 5.41) is 7.89. The summed E-state index contributed by atoms with van der Waals surface area (Å²) < 4.78 is 0. The second-order valence-electron chi connectivity index (χ2n) is 14.6. The monoisotopic (exact) mass is 745 g/mol. The highest BCUT2D eigenvalue weighted by Gasteiger charge is 2.17. The van der Waals surface area contributed by atoms with Gasteiger partial charge in [0.15, 0.2) is 5.82 Å². The molecule has 2 unspecified atom stereocenters. The fraction of sp³-hybridized carbons (Fsp3) is 0.0377.